The van der Waals surface area contributed by atoms with Gasteiger partial charge in [0.1, 0.15) is 6.61 Å². The highest BCUT2D eigenvalue weighted by molar-refractivity contribution is 6.30. The van der Waals surface area contributed by atoms with E-state index in [-0.39, 0.29) is 23.3 Å². The zero-order valence-electron chi connectivity index (χ0n) is 18.9. The molecule has 0 N–H and O–H groups in total. The SMILES string of the molecule is C=CC[C@@](C)(C[C@H](c1cccc(Cl)c1)[C@@H](C)c1ccc(Cl)cc1)C1=N[C@@H](C(C)C)CO1. The number of hydrogen-bond acceptors (Lipinski definition) is 2. The molecule has 166 valence electrons. The Morgan fingerprint density at radius 2 is 1.81 bits per heavy atom. The number of aliphatic imine (C=N–C) groups is 1. The monoisotopic (exact) mass is 457 g/mol. The summed E-state index contributed by atoms with van der Waals surface area (Å²) in [5.41, 5.74) is 2.24. The minimum atomic E-state index is -0.237. The van der Waals surface area contributed by atoms with Crippen LogP contribution in [-0.4, -0.2) is 18.5 Å². The molecule has 2 aromatic rings. The first-order valence-electron chi connectivity index (χ1n) is 11.1. The molecule has 1 heterocycles. The van der Waals surface area contributed by atoms with E-state index in [1.807, 2.05) is 30.3 Å². The fourth-order valence-corrected chi connectivity index (χ4v) is 4.77. The Labute approximate surface area is 197 Å². The summed E-state index contributed by atoms with van der Waals surface area (Å²) in [5.74, 6) is 1.82. The van der Waals surface area contributed by atoms with Crippen LogP contribution >= 0.6 is 23.2 Å². The summed E-state index contributed by atoms with van der Waals surface area (Å²) in [7, 11) is 0. The van der Waals surface area contributed by atoms with Crippen molar-refractivity contribution in [3.05, 3.63) is 82.4 Å². The Balaban J connectivity index is 2.00. The molecule has 0 radical (unpaired) electrons. The molecule has 0 bridgehead atoms. The lowest BCUT2D eigenvalue weighted by Crippen LogP contribution is -2.31. The molecule has 1 aliphatic heterocycles. The second-order valence-electron chi connectivity index (χ2n) is 9.32. The van der Waals surface area contributed by atoms with Gasteiger partial charge < -0.3 is 4.74 Å². The van der Waals surface area contributed by atoms with Gasteiger partial charge in [-0.25, -0.2) is 4.99 Å². The molecule has 2 aromatic carbocycles. The van der Waals surface area contributed by atoms with Crippen LogP contribution in [-0.2, 0) is 4.74 Å². The number of ether oxygens (including phenoxy) is 1. The summed E-state index contributed by atoms with van der Waals surface area (Å²) in [4.78, 5) is 4.99. The summed E-state index contributed by atoms with van der Waals surface area (Å²) >= 11 is 12.5. The maximum Gasteiger partial charge on any atom is 0.190 e. The molecule has 3 rings (SSSR count). The lowest BCUT2D eigenvalue weighted by Gasteiger charge is -2.35. The fraction of sp³-hybridized carbons (Fsp3) is 0.444. The molecule has 0 aromatic heterocycles. The summed E-state index contributed by atoms with van der Waals surface area (Å²) < 4.78 is 6.16. The van der Waals surface area contributed by atoms with Crippen LogP contribution in [0.2, 0.25) is 10.0 Å². The zero-order valence-corrected chi connectivity index (χ0v) is 20.5. The zero-order chi connectivity index (χ0) is 22.6. The van der Waals surface area contributed by atoms with Gasteiger partial charge in [-0.1, -0.05) is 81.2 Å². The third-order valence-corrected chi connectivity index (χ3v) is 6.99. The second-order valence-corrected chi connectivity index (χ2v) is 10.2. The fourth-order valence-electron chi connectivity index (χ4n) is 4.44. The highest BCUT2D eigenvalue weighted by Crippen LogP contribution is 2.45. The summed E-state index contributed by atoms with van der Waals surface area (Å²) in [6, 6.07) is 16.6. The maximum atomic E-state index is 6.39. The lowest BCUT2D eigenvalue weighted by atomic mass is 9.70. The molecule has 0 saturated heterocycles. The number of nitrogens with zero attached hydrogens (tertiary/aromatic N) is 1. The Kier molecular flexibility index (Phi) is 7.88. The third-order valence-electron chi connectivity index (χ3n) is 6.50. The van der Waals surface area contributed by atoms with Crippen LogP contribution in [0.25, 0.3) is 0 Å². The van der Waals surface area contributed by atoms with Gasteiger partial charge in [0.15, 0.2) is 5.90 Å². The normalized spacial score (nSPS) is 20.0. The highest BCUT2D eigenvalue weighted by Gasteiger charge is 2.40. The van der Waals surface area contributed by atoms with Crippen LogP contribution in [0.5, 0.6) is 0 Å². The van der Waals surface area contributed by atoms with Crippen molar-refractivity contribution in [1.82, 2.24) is 0 Å². The van der Waals surface area contributed by atoms with Crippen molar-refractivity contribution in [2.24, 2.45) is 16.3 Å². The van der Waals surface area contributed by atoms with E-state index in [1.165, 1.54) is 11.1 Å². The molecule has 31 heavy (non-hydrogen) atoms. The molecule has 0 saturated carbocycles. The van der Waals surface area contributed by atoms with Crippen molar-refractivity contribution in [2.45, 2.75) is 58.4 Å². The molecule has 0 unspecified atom stereocenters. The van der Waals surface area contributed by atoms with Gasteiger partial charge in [0.2, 0.25) is 0 Å². The Hall–Kier alpha value is -1.77. The van der Waals surface area contributed by atoms with Gasteiger partial charge >= 0.3 is 0 Å². The van der Waals surface area contributed by atoms with E-state index in [1.54, 1.807) is 0 Å². The quantitative estimate of drug-likeness (QED) is 0.346. The van der Waals surface area contributed by atoms with Crippen LogP contribution in [0.3, 0.4) is 0 Å². The molecule has 0 fully saturated rings. The largest absolute Gasteiger partial charge is 0.478 e. The molecule has 2 nitrogen and oxygen atoms in total. The van der Waals surface area contributed by atoms with E-state index in [2.05, 4.69) is 58.5 Å². The molecule has 0 spiro atoms. The van der Waals surface area contributed by atoms with E-state index in [4.69, 9.17) is 32.9 Å². The number of halogens is 2. The van der Waals surface area contributed by atoms with Crippen LogP contribution < -0.4 is 0 Å². The first kappa shape index (κ1) is 23.9. The van der Waals surface area contributed by atoms with Gasteiger partial charge in [-0.2, -0.15) is 0 Å². The average Bonchev–Trinajstić information content (AvgIpc) is 3.24. The van der Waals surface area contributed by atoms with Crippen LogP contribution in [0.15, 0.2) is 66.2 Å². The van der Waals surface area contributed by atoms with Gasteiger partial charge in [-0.15, -0.1) is 6.58 Å². The number of allylic oxidation sites excluding steroid dienone is 1. The standard InChI is InChI=1S/C27H33Cl2NO/c1-6-14-27(5,26-30-25(17-31-26)18(2)3)16-24(21-8-7-9-23(29)15-21)19(4)20-10-12-22(28)13-11-20/h6-13,15,18-19,24-25H,1,14,16-17H2,2-5H3/t19-,24-,25+,27-/m0/s1. The number of hydrogen-bond donors (Lipinski definition) is 0. The topological polar surface area (TPSA) is 21.6 Å². The predicted molar refractivity (Wildman–Crippen MR) is 134 cm³/mol. The van der Waals surface area contributed by atoms with Crippen LogP contribution in [0.1, 0.15) is 63.5 Å². The first-order valence-corrected chi connectivity index (χ1v) is 11.8. The van der Waals surface area contributed by atoms with Crippen molar-refractivity contribution < 1.29 is 4.74 Å². The average molecular weight is 458 g/mol. The smallest absolute Gasteiger partial charge is 0.190 e. The minimum Gasteiger partial charge on any atom is -0.478 e. The Morgan fingerprint density at radius 3 is 2.39 bits per heavy atom. The van der Waals surface area contributed by atoms with Gasteiger partial charge in [0, 0.05) is 15.5 Å². The van der Waals surface area contributed by atoms with E-state index < -0.39 is 0 Å². The van der Waals surface area contributed by atoms with Crippen molar-refractivity contribution in [1.29, 1.82) is 0 Å². The van der Waals surface area contributed by atoms with Crippen LogP contribution in [0.4, 0.5) is 0 Å². The Bertz CT molecular complexity index is 921. The summed E-state index contributed by atoms with van der Waals surface area (Å²) in [5, 5.41) is 1.51. The highest BCUT2D eigenvalue weighted by atomic mass is 35.5. The lowest BCUT2D eigenvalue weighted by molar-refractivity contribution is 0.239. The Morgan fingerprint density at radius 1 is 1.10 bits per heavy atom. The second kappa shape index (κ2) is 10.2. The van der Waals surface area contributed by atoms with Gasteiger partial charge in [0.25, 0.3) is 0 Å². The van der Waals surface area contributed by atoms with Crippen molar-refractivity contribution in [2.75, 3.05) is 6.61 Å². The van der Waals surface area contributed by atoms with Gasteiger partial charge in [0.05, 0.1) is 6.04 Å². The summed E-state index contributed by atoms with van der Waals surface area (Å²) in [6.07, 6.45) is 3.67. The molecular weight excluding hydrogens is 425 g/mol. The van der Waals surface area contributed by atoms with E-state index in [0.717, 1.165) is 28.8 Å². The minimum absolute atomic E-state index is 0.220. The summed E-state index contributed by atoms with van der Waals surface area (Å²) in [6.45, 7) is 13.6. The molecule has 0 amide bonds. The van der Waals surface area contributed by atoms with Crippen molar-refractivity contribution in [3.63, 3.8) is 0 Å². The molecule has 0 aliphatic carbocycles. The van der Waals surface area contributed by atoms with E-state index >= 15 is 0 Å². The van der Waals surface area contributed by atoms with Gasteiger partial charge in [-0.05, 0) is 66.0 Å². The van der Waals surface area contributed by atoms with Gasteiger partial charge in [-0.3, -0.25) is 0 Å². The van der Waals surface area contributed by atoms with Crippen molar-refractivity contribution >= 4 is 29.1 Å². The predicted octanol–water partition coefficient (Wildman–Crippen LogP) is 8.31. The first-order chi connectivity index (χ1) is 14.7. The van der Waals surface area contributed by atoms with E-state index in [0.29, 0.717) is 12.5 Å². The molecular formula is C27H33Cl2NO. The molecule has 1 aliphatic rings. The van der Waals surface area contributed by atoms with Crippen LogP contribution in [0, 0.1) is 11.3 Å². The third kappa shape index (κ3) is 5.73. The molecule has 4 atom stereocenters. The molecule has 4 heteroatoms. The van der Waals surface area contributed by atoms with Crippen molar-refractivity contribution in [3.8, 4) is 0 Å². The number of rotatable bonds is 9. The maximum absolute atomic E-state index is 6.39. The van der Waals surface area contributed by atoms with E-state index in [9.17, 15) is 0 Å². The number of benzene rings is 2.